The van der Waals surface area contributed by atoms with E-state index in [-0.39, 0.29) is 5.69 Å². The number of halogens is 2. The predicted octanol–water partition coefficient (Wildman–Crippen LogP) is 3.77. The molecule has 0 bridgehead atoms. The number of carbonyl (C=O) groups excluding carboxylic acids is 1. The highest BCUT2D eigenvalue weighted by molar-refractivity contribution is 14.1. The van der Waals surface area contributed by atoms with Crippen molar-refractivity contribution < 1.29 is 19.1 Å². The van der Waals surface area contributed by atoms with E-state index in [1.165, 1.54) is 6.07 Å². The maximum Gasteiger partial charge on any atom is 0.338 e. The lowest BCUT2D eigenvalue weighted by atomic mass is 10.2. The van der Waals surface area contributed by atoms with Crippen LogP contribution in [-0.2, 0) is 0 Å². The molecule has 0 aliphatic rings. The van der Waals surface area contributed by atoms with E-state index < -0.39 is 23.4 Å². The first-order valence-corrected chi connectivity index (χ1v) is 6.90. The van der Waals surface area contributed by atoms with Crippen molar-refractivity contribution in [1.29, 1.82) is 0 Å². The molecule has 0 heterocycles. The van der Waals surface area contributed by atoms with Crippen molar-refractivity contribution in [2.45, 2.75) is 0 Å². The summed E-state index contributed by atoms with van der Waals surface area (Å²) in [5.41, 5.74) is 0.315. The second-order valence-corrected chi connectivity index (χ2v) is 5.22. The van der Waals surface area contributed by atoms with Crippen molar-refractivity contribution in [3.63, 3.8) is 0 Å². The number of aromatic carboxylic acids is 1. The molecular formula is C14H10FIN2O3. The van der Waals surface area contributed by atoms with Crippen LogP contribution in [0.1, 0.15) is 10.4 Å². The Kier molecular flexibility index (Phi) is 4.73. The van der Waals surface area contributed by atoms with Gasteiger partial charge in [-0.25, -0.2) is 14.0 Å². The summed E-state index contributed by atoms with van der Waals surface area (Å²) in [6.07, 6.45) is 0. The van der Waals surface area contributed by atoms with Gasteiger partial charge in [-0.1, -0.05) is 12.1 Å². The fourth-order valence-corrected chi connectivity index (χ4v) is 2.14. The Bertz CT molecular complexity index is 706. The number of rotatable bonds is 3. The van der Waals surface area contributed by atoms with Crippen molar-refractivity contribution in [1.82, 2.24) is 0 Å². The smallest absolute Gasteiger partial charge is 0.338 e. The van der Waals surface area contributed by atoms with E-state index in [4.69, 9.17) is 5.11 Å². The van der Waals surface area contributed by atoms with Crippen LogP contribution in [0.2, 0.25) is 0 Å². The number of para-hydroxylation sites is 1. The van der Waals surface area contributed by atoms with Gasteiger partial charge in [-0.3, -0.25) is 0 Å². The molecule has 0 saturated carbocycles. The van der Waals surface area contributed by atoms with E-state index in [0.717, 1.165) is 15.7 Å². The van der Waals surface area contributed by atoms with Crippen LogP contribution in [0.15, 0.2) is 42.5 Å². The fourth-order valence-electron chi connectivity index (χ4n) is 1.61. The van der Waals surface area contributed by atoms with Crippen LogP contribution in [-0.4, -0.2) is 17.1 Å². The SMILES string of the molecule is O=C(Nc1ccc(F)c(C(=O)O)c1)Nc1ccccc1I. The van der Waals surface area contributed by atoms with Gasteiger partial charge in [0.2, 0.25) is 0 Å². The first kappa shape index (κ1) is 15.2. The van der Waals surface area contributed by atoms with Crippen LogP contribution < -0.4 is 10.6 Å². The zero-order valence-corrected chi connectivity index (χ0v) is 12.7. The van der Waals surface area contributed by atoms with E-state index in [1.807, 2.05) is 12.1 Å². The standard InChI is InChI=1S/C14H10FIN2O3/c15-10-6-5-8(7-9(10)13(19)20)17-14(21)18-12-4-2-1-3-11(12)16/h1-7H,(H,19,20)(H2,17,18,21). The normalized spacial score (nSPS) is 10.0. The third-order valence-corrected chi connectivity index (χ3v) is 3.52. The largest absolute Gasteiger partial charge is 0.478 e. The Morgan fingerprint density at radius 3 is 2.48 bits per heavy atom. The molecule has 0 aromatic heterocycles. The Morgan fingerprint density at radius 1 is 1.10 bits per heavy atom. The topological polar surface area (TPSA) is 78.4 Å². The summed E-state index contributed by atoms with van der Waals surface area (Å²) in [6, 6.07) is 9.98. The lowest BCUT2D eigenvalue weighted by Gasteiger charge is -2.09. The molecule has 2 rings (SSSR count). The van der Waals surface area contributed by atoms with Crippen molar-refractivity contribution in [3.05, 3.63) is 57.4 Å². The maximum atomic E-state index is 13.2. The zero-order chi connectivity index (χ0) is 15.4. The van der Waals surface area contributed by atoms with Crippen molar-refractivity contribution in [2.24, 2.45) is 0 Å². The van der Waals surface area contributed by atoms with Crippen molar-refractivity contribution in [2.75, 3.05) is 10.6 Å². The first-order chi connectivity index (χ1) is 9.97. The zero-order valence-electron chi connectivity index (χ0n) is 10.6. The van der Waals surface area contributed by atoms with Crippen LogP contribution in [0.3, 0.4) is 0 Å². The molecular weight excluding hydrogens is 390 g/mol. The molecule has 0 spiro atoms. The Balaban J connectivity index is 2.12. The van der Waals surface area contributed by atoms with E-state index in [1.54, 1.807) is 12.1 Å². The van der Waals surface area contributed by atoms with Crippen LogP contribution in [0.25, 0.3) is 0 Å². The molecule has 21 heavy (non-hydrogen) atoms. The number of carboxylic acids is 1. The number of carboxylic acid groups (broad SMARTS) is 1. The molecule has 3 N–H and O–H groups in total. The van der Waals surface area contributed by atoms with Gasteiger partial charge in [-0.05, 0) is 52.9 Å². The molecule has 5 nitrogen and oxygen atoms in total. The lowest BCUT2D eigenvalue weighted by Crippen LogP contribution is -2.20. The molecule has 0 fully saturated rings. The molecule has 2 aromatic rings. The van der Waals surface area contributed by atoms with Crippen LogP contribution in [0.4, 0.5) is 20.6 Å². The first-order valence-electron chi connectivity index (χ1n) is 5.83. The highest BCUT2D eigenvalue weighted by atomic mass is 127. The van der Waals surface area contributed by atoms with Gasteiger partial charge in [0.25, 0.3) is 0 Å². The monoisotopic (exact) mass is 400 g/mol. The van der Waals surface area contributed by atoms with E-state index in [2.05, 4.69) is 33.2 Å². The number of hydrogen-bond donors (Lipinski definition) is 3. The van der Waals surface area contributed by atoms with Crippen molar-refractivity contribution >= 4 is 46.0 Å². The molecule has 0 aliphatic carbocycles. The predicted molar refractivity (Wildman–Crippen MR) is 85.2 cm³/mol. The van der Waals surface area contributed by atoms with Crippen LogP contribution >= 0.6 is 22.6 Å². The quantitative estimate of drug-likeness (QED) is 0.687. The fraction of sp³-hybridized carbons (Fsp3) is 0. The summed E-state index contributed by atoms with van der Waals surface area (Å²) in [6.45, 7) is 0. The summed E-state index contributed by atoms with van der Waals surface area (Å²) in [7, 11) is 0. The lowest BCUT2D eigenvalue weighted by molar-refractivity contribution is 0.0692. The minimum Gasteiger partial charge on any atom is -0.478 e. The Labute approximate surface area is 133 Å². The summed E-state index contributed by atoms with van der Waals surface area (Å²) in [5, 5.41) is 13.9. The Morgan fingerprint density at radius 2 is 1.81 bits per heavy atom. The van der Waals surface area contributed by atoms with Gasteiger partial charge in [0, 0.05) is 9.26 Å². The number of urea groups is 1. The number of amides is 2. The highest BCUT2D eigenvalue weighted by Gasteiger charge is 2.12. The van der Waals surface area contributed by atoms with Gasteiger partial charge in [0.05, 0.1) is 11.3 Å². The van der Waals surface area contributed by atoms with Gasteiger partial charge in [-0.2, -0.15) is 0 Å². The molecule has 0 saturated heterocycles. The minimum absolute atomic E-state index is 0.192. The summed E-state index contributed by atoms with van der Waals surface area (Å²) < 4.78 is 14.1. The second-order valence-electron chi connectivity index (χ2n) is 4.06. The molecule has 0 atom stereocenters. The number of anilines is 2. The summed E-state index contributed by atoms with van der Waals surface area (Å²) >= 11 is 2.07. The van der Waals surface area contributed by atoms with Gasteiger partial charge < -0.3 is 15.7 Å². The highest BCUT2D eigenvalue weighted by Crippen LogP contribution is 2.18. The molecule has 0 radical (unpaired) electrons. The second kappa shape index (κ2) is 6.53. The molecule has 108 valence electrons. The Hall–Kier alpha value is -2.16. The van der Waals surface area contributed by atoms with Gasteiger partial charge >= 0.3 is 12.0 Å². The third-order valence-electron chi connectivity index (χ3n) is 2.58. The molecule has 0 unspecified atom stereocenters. The molecule has 0 aliphatic heterocycles. The summed E-state index contributed by atoms with van der Waals surface area (Å²) in [5.74, 6) is -2.25. The summed E-state index contributed by atoms with van der Waals surface area (Å²) in [4.78, 5) is 22.7. The van der Waals surface area contributed by atoms with Crippen LogP contribution in [0.5, 0.6) is 0 Å². The van der Waals surface area contributed by atoms with E-state index >= 15 is 0 Å². The van der Waals surface area contributed by atoms with Gasteiger partial charge in [0.1, 0.15) is 5.82 Å². The molecule has 2 amide bonds. The average Bonchev–Trinajstić information content (AvgIpc) is 2.43. The average molecular weight is 400 g/mol. The number of hydrogen-bond acceptors (Lipinski definition) is 2. The number of carbonyl (C=O) groups is 2. The molecule has 2 aromatic carbocycles. The third kappa shape index (κ3) is 3.91. The van der Waals surface area contributed by atoms with E-state index in [0.29, 0.717) is 5.69 Å². The van der Waals surface area contributed by atoms with E-state index in [9.17, 15) is 14.0 Å². The van der Waals surface area contributed by atoms with Crippen LogP contribution in [0, 0.1) is 9.39 Å². The number of benzene rings is 2. The minimum atomic E-state index is -1.39. The maximum absolute atomic E-state index is 13.2. The number of nitrogens with one attached hydrogen (secondary N) is 2. The molecule has 7 heteroatoms. The van der Waals surface area contributed by atoms with Gasteiger partial charge in [-0.15, -0.1) is 0 Å². The van der Waals surface area contributed by atoms with Crippen molar-refractivity contribution in [3.8, 4) is 0 Å². The van der Waals surface area contributed by atoms with Gasteiger partial charge in [0.15, 0.2) is 0 Å².